The normalized spacial score (nSPS) is 16.8. The van der Waals surface area contributed by atoms with Gasteiger partial charge < -0.3 is 9.64 Å². The molecule has 1 saturated heterocycles. The number of aromatic nitrogens is 2. The van der Waals surface area contributed by atoms with E-state index in [2.05, 4.69) is 16.5 Å². The molecule has 0 unspecified atom stereocenters. The van der Waals surface area contributed by atoms with Crippen LogP contribution in [0.15, 0.2) is 17.8 Å². The maximum Gasteiger partial charge on any atom is 0.373 e. The van der Waals surface area contributed by atoms with E-state index in [-0.39, 0.29) is 48.6 Å². The summed E-state index contributed by atoms with van der Waals surface area (Å²) in [5, 5.41) is 11.8. The second kappa shape index (κ2) is 7.13. The first-order chi connectivity index (χ1) is 10.9. The molecule has 126 valence electrons. The van der Waals surface area contributed by atoms with Crippen LogP contribution in [0, 0.1) is 10.1 Å². The summed E-state index contributed by atoms with van der Waals surface area (Å²) in [6.45, 7) is 3.86. The summed E-state index contributed by atoms with van der Waals surface area (Å²) < 4.78 is 28.4. The van der Waals surface area contributed by atoms with E-state index in [9.17, 15) is 18.5 Å². The third-order valence-electron chi connectivity index (χ3n) is 3.16. The van der Waals surface area contributed by atoms with Crippen molar-refractivity contribution in [1.82, 2.24) is 9.97 Å². The fourth-order valence-electron chi connectivity index (χ4n) is 2.04. The number of anilines is 1. The molecule has 0 saturated carbocycles. The molecule has 2 rings (SSSR count). The van der Waals surface area contributed by atoms with Crippen molar-refractivity contribution in [2.75, 3.05) is 42.4 Å². The number of thioether (sulfide) groups is 1. The van der Waals surface area contributed by atoms with Crippen LogP contribution in [0.4, 0.5) is 11.5 Å². The number of nitro groups is 1. The number of nitrogens with zero attached hydrogens (tertiary/aromatic N) is 4. The molecule has 1 fully saturated rings. The Morgan fingerprint density at radius 2 is 2.09 bits per heavy atom. The zero-order valence-corrected chi connectivity index (χ0v) is 14.1. The van der Waals surface area contributed by atoms with E-state index in [1.165, 1.54) is 17.8 Å². The van der Waals surface area contributed by atoms with E-state index in [1.807, 2.05) is 0 Å². The Labute approximate surface area is 137 Å². The molecule has 9 nitrogen and oxygen atoms in total. The van der Waals surface area contributed by atoms with Crippen LogP contribution in [0.2, 0.25) is 0 Å². The Morgan fingerprint density at radius 3 is 2.61 bits per heavy atom. The molecule has 0 amide bonds. The molecule has 0 radical (unpaired) electrons. The summed E-state index contributed by atoms with van der Waals surface area (Å²) in [7, 11) is -3.10. The van der Waals surface area contributed by atoms with Crippen LogP contribution >= 0.6 is 11.8 Å². The summed E-state index contributed by atoms with van der Waals surface area (Å²) in [5.41, 5.74) is -0.357. The van der Waals surface area contributed by atoms with Gasteiger partial charge in [0, 0.05) is 13.1 Å². The van der Waals surface area contributed by atoms with Gasteiger partial charge in [0.2, 0.25) is 5.82 Å². The van der Waals surface area contributed by atoms with Gasteiger partial charge in [-0.2, -0.15) is 9.97 Å². The number of ether oxygens (including phenoxy) is 1. The summed E-state index contributed by atoms with van der Waals surface area (Å²) >= 11 is 1.22. The van der Waals surface area contributed by atoms with Crippen molar-refractivity contribution in [3.05, 3.63) is 22.8 Å². The zero-order chi connectivity index (χ0) is 17.0. The molecule has 2 heterocycles. The highest BCUT2D eigenvalue weighted by Crippen LogP contribution is 2.36. The third kappa shape index (κ3) is 4.10. The second-order valence-corrected chi connectivity index (χ2v) is 7.76. The van der Waals surface area contributed by atoms with Gasteiger partial charge in [-0.05, 0) is 6.26 Å². The maximum absolute atomic E-state index is 11.5. The van der Waals surface area contributed by atoms with Gasteiger partial charge in [-0.25, -0.2) is 8.42 Å². The van der Waals surface area contributed by atoms with Gasteiger partial charge in [0.15, 0.2) is 15.0 Å². The average Bonchev–Trinajstić information content (AvgIpc) is 2.51. The van der Waals surface area contributed by atoms with Gasteiger partial charge in [0.25, 0.3) is 0 Å². The SMILES string of the molecule is C=CCOc1nc(SC)nc(N2CCS(=O)(=O)CC2)c1[N+](=O)[O-]. The first-order valence-electron chi connectivity index (χ1n) is 6.67. The largest absolute Gasteiger partial charge is 0.468 e. The van der Waals surface area contributed by atoms with Crippen molar-refractivity contribution in [3.8, 4) is 5.88 Å². The fourth-order valence-corrected chi connectivity index (χ4v) is 3.59. The quantitative estimate of drug-likeness (QED) is 0.240. The minimum atomic E-state index is -3.10. The highest BCUT2D eigenvalue weighted by Gasteiger charge is 2.33. The number of hydrogen-bond acceptors (Lipinski definition) is 9. The highest BCUT2D eigenvalue weighted by molar-refractivity contribution is 7.98. The van der Waals surface area contributed by atoms with E-state index in [0.717, 1.165) is 0 Å². The Hall–Kier alpha value is -1.88. The predicted molar refractivity (Wildman–Crippen MR) is 87.0 cm³/mol. The molecule has 0 spiro atoms. The molecule has 1 aliphatic rings. The maximum atomic E-state index is 11.5. The van der Waals surface area contributed by atoms with E-state index in [0.29, 0.717) is 5.16 Å². The lowest BCUT2D eigenvalue weighted by molar-refractivity contribution is -0.385. The van der Waals surface area contributed by atoms with Crippen LogP contribution in [0.1, 0.15) is 0 Å². The number of rotatable bonds is 6. The number of sulfone groups is 1. The fraction of sp³-hybridized carbons (Fsp3) is 0.500. The summed E-state index contributed by atoms with van der Waals surface area (Å²) in [5.74, 6) is -0.182. The van der Waals surface area contributed by atoms with Gasteiger partial charge >= 0.3 is 11.6 Å². The minimum absolute atomic E-state index is 0.0639. The van der Waals surface area contributed by atoms with Crippen molar-refractivity contribution in [2.45, 2.75) is 5.16 Å². The van der Waals surface area contributed by atoms with E-state index in [4.69, 9.17) is 4.74 Å². The van der Waals surface area contributed by atoms with Crippen molar-refractivity contribution < 1.29 is 18.1 Å². The smallest absolute Gasteiger partial charge is 0.373 e. The Kier molecular flexibility index (Phi) is 5.42. The van der Waals surface area contributed by atoms with Gasteiger partial charge in [0.05, 0.1) is 16.4 Å². The molecule has 1 aromatic heterocycles. The summed E-state index contributed by atoms with van der Waals surface area (Å²) in [4.78, 5) is 20.6. The van der Waals surface area contributed by atoms with Crippen LogP contribution in [0.5, 0.6) is 5.88 Å². The molecule has 0 aliphatic carbocycles. The Balaban J connectivity index is 2.47. The van der Waals surface area contributed by atoms with Gasteiger partial charge in [-0.15, -0.1) is 0 Å². The van der Waals surface area contributed by atoms with Crippen LogP contribution < -0.4 is 9.64 Å². The first-order valence-corrected chi connectivity index (χ1v) is 9.72. The third-order valence-corrected chi connectivity index (χ3v) is 5.32. The van der Waals surface area contributed by atoms with Crippen LogP contribution in [-0.4, -0.2) is 60.8 Å². The van der Waals surface area contributed by atoms with Gasteiger partial charge in [-0.3, -0.25) is 10.1 Å². The molecule has 0 N–H and O–H groups in total. The lowest BCUT2D eigenvalue weighted by Gasteiger charge is -2.27. The molecule has 0 bridgehead atoms. The highest BCUT2D eigenvalue weighted by atomic mass is 32.2. The number of hydrogen-bond donors (Lipinski definition) is 0. The molecule has 23 heavy (non-hydrogen) atoms. The standard InChI is InChI=1S/C12H16N4O5S2/c1-3-6-21-11-9(16(17)18)10(13-12(14-11)22-2)15-4-7-23(19,20)8-5-15/h3H,1,4-8H2,2H3. The Bertz CT molecular complexity index is 708. The second-order valence-electron chi connectivity index (χ2n) is 4.68. The van der Waals surface area contributed by atoms with Gasteiger partial charge in [-0.1, -0.05) is 24.4 Å². The predicted octanol–water partition coefficient (Wildman–Crippen LogP) is 0.906. The Morgan fingerprint density at radius 1 is 1.43 bits per heavy atom. The molecule has 11 heteroatoms. The molecular weight excluding hydrogens is 344 g/mol. The molecule has 0 aromatic carbocycles. The minimum Gasteiger partial charge on any atom is -0.468 e. The summed E-state index contributed by atoms with van der Waals surface area (Å²) in [6.07, 6.45) is 3.20. The van der Waals surface area contributed by atoms with E-state index in [1.54, 1.807) is 11.2 Å². The summed E-state index contributed by atoms with van der Waals surface area (Å²) in [6, 6.07) is 0. The van der Waals surface area contributed by atoms with Crippen LogP contribution in [-0.2, 0) is 9.84 Å². The zero-order valence-electron chi connectivity index (χ0n) is 12.5. The van der Waals surface area contributed by atoms with E-state index < -0.39 is 14.8 Å². The lowest BCUT2D eigenvalue weighted by atomic mass is 10.4. The van der Waals surface area contributed by atoms with Crippen LogP contribution in [0.25, 0.3) is 0 Å². The average molecular weight is 360 g/mol. The first kappa shape index (κ1) is 17.5. The molecule has 0 atom stereocenters. The van der Waals surface area contributed by atoms with Gasteiger partial charge in [0.1, 0.15) is 6.61 Å². The molecule has 1 aromatic rings. The van der Waals surface area contributed by atoms with Crippen molar-refractivity contribution in [1.29, 1.82) is 0 Å². The topological polar surface area (TPSA) is 116 Å². The van der Waals surface area contributed by atoms with E-state index >= 15 is 0 Å². The van der Waals surface area contributed by atoms with Crippen molar-refractivity contribution >= 4 is 33.1 Å². The molecule has 1 aliphatic heterocycles. The van der Waals surface area contributed by atoms with Crippen molar-refractivity contribution in [3.63, 3.8) is 0 Å². The van der Waals surface area contributed by atoms with Crippen LogP contribution in [0.3, 0.4) is 0 Å². The molecular formula is C12H16N4O5S2. The monoisotopic (exact) mass is 360 g/mol. The lowest BCUT2D eigenvalue weighted by Crippen LogP contribution is -2.41. The van der Waals surface area contributed by atoms with Crippen molar-refractivity contribution in [2.24, 2.45) is 0 Å².